The number of thioether (sulfide) groups is 1. The Morgan fingerprint density at radius 2 is 1.67 bits per heavy atom. The summed E-state index contributed by atoms with van der Waals surface area (Å²) in [5, 5.41) is 0. The molecular formula is C21H22N2O2S2. The van der Waals surface area contributed by atoms with Crippen molar-refractivity contribution in [1.29, 1.82) is 0 Å². The van der Waals surface area contributed by atoms with E-state index in [9.17, 15) is 4.79 Å². The second kappa shape index (κ2) is 8.59. The van der Waals surface area contributed by atoms with Crippen molar-refractivity contribution < 1.29 is 9.53 Å². The quantitative estimate of drug-likeness (QED) is 0.501. The molecule has 1 aliphatic rings. The van der Waals surface area contributed by atoms with Crippen LogP contribution in [0.15, 0.2) is 53.4 Å². The van der Waals surface area contributed by atoms with E-state index in [1.165, 1.54) is 16.7 Å². The molecule has 1 heterocycles. The van der Waals surface area contributed by atoms with Gasteiger partial charge in [0.25, 0.3) is 5.91 Å². The molecule has 1 saturated heterocycles. The Bertz CT molecular complexity index is 861. The average Bonchev–Trinajstić information content (AvgIpc) is 2.92. The van der Waals surface area contributed by atoms with Gasteiger partial charge in [0.2, 0.25) is 0 Å². The van der Waals surface area contributed by atoms with Crippen molar-refractivity contribution >= 4 is 51.7 Å². The molecule has 0 unspecified atom stereocenters. The van der Waals surface area contributed by atoms with Crippen LogP contribution < -0.4 is 9.64 Å². The molecule has 0 N–H and O–H groups in total. The highest BCUT2D eigenvalue weighted by Crippen LogP contribution is 2.32. The number of likely N-dealkylation sites (N-methyl/N-ethyl adjacent to an activating group) is 1. The van der Waals surface area contributed by atoms with Crippen molar-refractivity contribution in [2.75, 3.05) is 25.1 Å². The van der Waals surface area contributed by atoms with Gasteiger partial charge < -0.3 is 9.64 Å². The predicted molar refractivity (Wildman–Crippen MR) is 118 cm³/mol. The summed E-state index contributed by atoms with van der Waals surface area (Å²) in [5.41, 5.74) is 3.19. The van der Waals surface area contributed by atoms with E-state index in [0.717, 1.165) is 29.2 Å². The zero-order valence-corrected chi connectivity index (χ0v) is 17.3. The molecule has 0 spiro atoms. The Morgan fingerprint density at radius 1 is 1.07 bits per heavy atom. The molecule has 3 rings (SSSR count). The molecule has 2 aromatic rings. The minimum absolute atomic E-state index is 0.0429. The summed E-state index contributed by atoms with van der Waals surface area (Å²) >= 11 is 6.51. The molecule has 2 aromatic carbocycles. The number of benzene rings is 2. The molecule has 0 aliphatic carbocycles. The lowest BCUT2D eigenvalue weighted by Crippen LogP contribution is -2.22. The molecule has 6 heteroatoms. The Kier molecular flexibility index (Phi) is 6.19. The molecule has 1 amide bonds. The number of anilines is 2. The number of amides is 1. The van der Waals surface area contributed by atoms with E-state index in [-0.39, 0.29) is 5.91 Å². The summed E-state index contributed by atoms with van der Waals surface area (Å²) in [6.45, 7) is 5.61. The number of thiocarbonyl (C=S) groups is 1. The molecular weight excluding hydrogens is 376 g/mol. The smallest absolute Gasteiger partial charge is 0.265 e. The number of hydrogen-bond acceptors (Lipinski definition) is 5. The second-order valence-electron chi connectivity index (χ2n) is 6.00. The molecule has 4 nitrogen and oxygen atoms in total. The molecule has 0 radical (unpaired) electrons. The van der Waals surface area contributed by atoms with Crippen LogP contribution in [0, 0.1) is 0 Å². The van der Waals surface area contributed by atoms with Crippen LogP contribution in [0.3, 0.4) is 0 Å². The van der Waals surface area contributed by atoms with Crippen molar-refractivity contribution in [1.82, 2.24) is 4.90 Å². The van der Waals surface area contributed by atoms with Crippen LogP contribution >= 0.6 is 24.0 Å². The van der Waals surface area contributed by atoms with Crippen LogP contribution in [-0.2, 0) is 4.79 Å². The van der Waals surface area contributed by atoms with E-state index in [2.05, 4.69) is 36.1 Å². The van der Waals surface area contributed by atoms with Gasteiger partial charge in [0.15, 0.2) is 0 Å². The minimum Gasteiger partial charge on any atom is -0.494 e. The lowest BCUT2D eigenvalue weighted by atomic mass is 10.1. The third kappa shape index (κ3) is 4.34. The summed E-state index contributed by atoms with van der Waals surface area (Å²) in [6.07, 6.45) is 1.89. The van der Waals surface area contributed by atoms with E-state index in [0.29, 0.717) is 15.8 Å². The van der Waals surface area contributed by atoms with E-state index in [4.69, 9.17) is 17.0 Å². The van der Waals surface area contributed by atoms with E-state index >= 15 is 0 Å². The standard InChI is InChI=1S/C21H22N2O2S2/c1-4-23(17-10-12-18(13-11-17)25-5-2)16-8-6-15(7-9-16)14-19-20(24)22(3)21(26)27-19/h6-14H,4-5H2,1-3H3/b19-14-. The SMILES string of the molecule is CCOc1ccc(N(CC)c2ccc(/C=C3\SC(=S)N(C)C3=O)cc2)cc1. The molecule has 1 aliphatic heterocycles. The normalized spacial score (nSPS) is 15.5. The van der Waals surface area contributed by atoms with Gasteiger partial charge in [0.1, 0.15) is 10.1 Å². The Labute approximate surface area is 169 Å². The topological polar surface area (TPSA) is 32.8 Å². The molecule has 0 bridgehead atoms. The largest absolute Gasteiger partial charge is 0.494 e. The number of rotatable bonds is 6. The van der Waals surface area contributed by atoms with Gasteiger partial charge >= 0.3 is 0 Å². The predicted octanol–water partition coefficient (Wildman–Crippen LogP) is 5.07. The van der Waals surface area contributed by atoms with Crippen LogP contribution in [-0.4, -0.2) is 35.3 Å². The first-order chi connectivity index (χ1) is 13.0. The highest BCUT2D eigenvalue weighted by Gasteiger charge is 2.28. The van der Waals surface area contributed by atoms with Crippen LogP contribution in [0.2, 0.25) is 0 Å². The first kappa shape index (κ1) is 19.5. The first-order valence-corrected chi connectivity index (χ1v) is 10.1. The van der Waals surface area contributed by atoms with Gasteiger partial charge in [-0.3, -0.25) is 9.69 Å². The van der Waals surface area contributed by atoms with Gasteiger partial charge in [-0.15, -0.1) is 0 Å². The fraction of sp³-hybridized carbons (Fsp3) is 0.238. The summed E-state index contributed by atoms with van der Waals surface area (Å²) in [5.74, 6) is 0.833. The highest BCUT2D eigenvalue weighted by molar-refractivity contribution is 8.26. The first-order valence-electron chi connectivity index (χ1n) is 8.85. The Hall–Kier alpha value is -2.31. The Morgan fingerprint density at radius 3 is 2.15 bits per heavy atom. The molecule has 1 fully saturated rings. The molecule has 27 heavy (non-hydrogen) atoms. The number of carbonyl (C=O) groups excluding carboxylic acids is 1. The summed E-state index contributed by atoms with van der Waals surface area (Å²) in [7, 11) is 1.71. The second-order valence-corrected chi connectivity index (χ2v) is 7.68. The van der Waals surface area contributed by atoms with Gasteiger partial charge in [-0.2, -0.15) is 0 Å². The highest BCUT2D eigenvalue weighted by atomic mass is 32.2. The van der Waals surface area contributed by atoms with Crippen molar-refractivity contribution in [3.05, 3.63) is 59.0 Å². The third-order valence-corrected chi connectivity index (χ3v) is 5.75. The van der Waals surface area contributed by atoms with E-state index < -0.39 is 0 Å². The molecule has 0 atom stereocenters. The monoisotopic (exact) mass is 398 g/mol. The zero-order valence-electron chi connectivity index (χ0n) is 15.6. The van der Waals surface area contributed by atoms with Gasteiger partial charge in [0.05, 0.1) is 11.5 Å². The molecule has 0 aromatic heterocycles. The van der Waals surface area contributed by atoms with Crippen molar-refractivity contribution in [3.63, 3.8) is 0 Å². The van der Waals surface area contributed by atoms with Crippen LogP contribution in [0.4, 0.5) is 11.4 Å². The van der Waals surface area contributed by atoms with Crippen LogP contribution in [0.25, 0.3) is 6.08 Å². The maximum atomic E-state index is 12.1. The maximum Gasteiger partial charge on any atom is 0.265 e. The van der Waals surface area contributed by atoms with Crippen LogP contribution in [0.1, 0.15) is 19.4 Å². The maximum absolute atomic E-state index is 12.1. The fourth-order valence-electron chi connectivity index (χ4n) is 2.85. The van der Waals surface area contributed by atoms with E-state index in [1.54, 1.807) is 7.05 Å². The zero-order chi connectivity index (χ0) is 19.4. The van der Waals surface area contributed by atoms with Crippen LogP contribution in [0.5, 0.6) is 5.75 Å². The van der Waals surface area contributed by atoms with E-state index in [1.807, 2.05) is 37.3 Å². The third-order valence-electron chi connectivity index (χ3n) is 4.26. The summed E-state index contributed by atoms with van der Waals surface area (Å²) < 4.78 is 6.11. The Balaban J connectivity index is 1.79. The lowest BCUT2D eigenvalue weighted by Gasteiger charge is -2.23. The number of carbonyl (C=O) groups is 1. The fourth-order valence-corrected chi connectivity index (χ4v) is 4.03. The van der Waals surface area contributed by atoms with Gasteiger partial charge in [-0.25, -0.2) is 0 Å². The lowest BCUT2D eigenvalue weighted by molar-refractivity contribution is -0.121. The molecule has 140 valence electrons. The van der Waals surface area contributed by atoms with Crippen molar-refractivity contribution in [2.24, 2.45) is 0 Å². The minimum atomic E-state index is -0.0429. The van der Waals surface area contributed by atoms with Crippen molar-refractivity contribution in [2.45, 2.75) is 13.8 Å². The van der Waals surface area contributed by atoms with Gasteiger partial charge in [-0.1, -0.05) is 36.1 Å². The average molecular weight is 399 g/mol. The summed E-state index contributed by atoms with van der Waals surface area (Å²) in [6, 6.07) is 16.3. The van der Waals surface area contributed by atoms with Gasteiger partial charge in [-0.05, 0) is 61.9 Å². The van der Waals surface area contributed by atoms with Gasteiger partial charge in [0, 0.05) is 25.0 Å². The summed E-state index contributed by atoms with van der Waals surface area (Å²) in [4.78, 5) is 16.5. The number of nitrogens with zero attached hydrogens (tertiary/aromatic N) is 2. The van der Waals surface area contributed by atoms with Crippen molar-refractivity contribution in [3.8, 4) is 5.75 Å². The number of ether oxygens (including phenoxy) is 1. The molecule has 0 saturated carbocycles. The number of hydrogen-bond donors (Lipinski definition) is 0.